The smallest absolute Gasteiger partial charge is 0.122 e. The summed E-state index contributed by atoms with van der Waals surface area (Å²) in [6.45, 7) is 1.08. The predicted molar refractivity (Wildman–Crippen MR) is 66.5 cm³/mol. The lowest BCUT2D eigenvalue weighted by Gasteiger charge is -2.26. The van der Waals surface area contributed by atoms with Gasteiger partial charge in [0, 0.05) is 22.8 Å². The van der Waals surface area contributed by atoms with Crippen molar-refractivity contribution in [3.8, 4) is 5.75 Å². The van der Waals surface area contributed by atoms with E-state index in [1.54, 1.807) is 7.11 Å². The van der Waals surface area contributed by atoms with Crippen LogP contribution in [0.4, 0.5) is 5.69 Å². The number of ether oxygens (including phenoxy) is 1. The van der Waals surface area contributed by atoms with E-state index in [4.69, 9.17) is 4.74 Å². The molecule has 2 rings (SSSR count). The van der Waals surface area contributed by atoms with Crippen LogP contribution in [0.15, 0.2) is 22.7 Å². The van der Waals surface area contributed by atoms with Gasteiger partial charge in [-0.3, -0.25) is 0 Å². The van der Waals surface area contributed by atoms with E-state index in [9.17, 15) is 0 Å². The van der Waals surface area contributed by atoms with Gasteiger partial charge in [0.25, 0.3) is 0 Å². The second kappa shape index (κ2) is 4.88. The monoisotopic (exact) mass is 269 g/mol. The lowest BCUT2D eigenvalue weighted by atomic mass is 9.85. The Hall–Kier alpha value is -0.700. The molecule has 1 aromatic carbocycles. The first-order valence-electron chi connectivity index (χ1n) is 5.36. The molecule has 0 bridgehead atoms. The molecule has 0 atom stereocenters. The minimum atomic E-state index is 0.870. The van der Waals surface area contributed by atoms with E-state index in [0.29, 0.717) is 0 Å². The van der Waals surface area contributed by atoms with Crippen molar-refractivity contribution in [3.05, 3.63) is 22.7 Å². The maximum atomic E-state index is 5.21. The molecular formula is C12H16BrNO. The molecule has 0 aliphatic heterocycles. The van der Waals surface area contributed by atoms with Crippen LogP contribution in [0, 0.1) is 5.92 Å². The molecule has 1 aliphatic rings. The van der Waals surface area contributed by atoms with Crippen LogP contribution >= 0.6 is 15.9 Å². The highest BCUT2D eigenvalue weighted by Gasteiger charge is 2.16. The van der Waals surface area contributed by atoms with E-state index in [2.05, 4.69) is 27.3 Å². The van der Waals surface area contributed by atoms with Gasteiger partial charge in [0.15, 0.2) is 0 Å². The summed E-state index contributed by atoms with van der Waals surface area (Å²) in [5.41, 5.74) is 1.13. The Morgan fingerprint density at radius 1 is 1.40 bits per heavy atom. The molecule has 0 spiro atoms. The van der Waals surface area contributed by atoms with Crippen LogP contribution in [0.3, 0.4) is 0 Å². The Kier molecular flexibility index (Phi) is 3.52. The van der Waals surface area contributed by atoms with Gasteiger partial charge >= 0.3 is 0 Å². The van der Waals surface area contributed by atoms with Crippen LogP contribution < -0.4 is 10.1 Å². The van der Waals surface area contributed by atoms with Gasteiger partial charge in [0.1, 0.15) is 5.75 Å². The maximum Gasteiger partial charge on any atom is 0.122 e. The van der Waals surface area contributed by atoms with Gasteiger partial charge in [0.05, 0.1) is 7.11 Å². The highest BCUT2D eigenvalue weighted by Crippen LogP contribution is 2.28. The number of hydrogen-bond acceptors (Lipinski definition) is 2. The van der Waals surface area contributed by atoms with Crippen LogP contribution in [0.1, 0.15) is 19.3 Å². The summed E-state index contributed by atoms with van der Waals surface area (Å²) in [6, 6.07) is 6.08. The van der Waals surface area contributed by atoms with E-state index < -0.39 is 0 Å². The standard InChI is InChI=1S/C12H16BrNO/c1-15-12-6-10(13)5-11(7-12)14-8-9-3-2-4-9/h5-7,9,14H,2-4,8H2,1H3. The fourth-order valence-corrected chi connectivity index (χ4v) is 2.21. The zero-order valence-corrected chi connectivity index (χ0v) is 10.5. The normalized spacial score (nSPS) is 15.9. The largest absolute Gasteiger partial charge is 0.497 e. The Morgan fingerprint density at radius 3 is 2.80 bits per heavy atom. The third kappa shape index (κ3) is 2.88. The van der Waals surface area contributed by atoms with Crippen LogP contribution in [-0.2, 0) is 0 Å². The first-order chi connectivity index (χ1) is 7.28. The second-order valence-electron chi connectivity index (χ2n) is 4.06. The molecule has 15 heavy (non-hydrogen) atoms. The SMILES string of the molecule is COc1cc(Br)cc(NCC2CCC2)c1. The molecule has 0 heterocycles. The number of nitrogens with one attached hydrogen (secondary N) is 1. The molecule has 1 aliphatic carbocycles. The molecule has 0 unspecified atom stereocenters. The molecule has 1 N–H and O–H groups in total. The Morgan fingerprint density at radius 2 is 2.20 bits per heavy atom. The molecular weight excluding hydrogens is 254 g/mol. The number of benzene rings is 1. The van der Waals surface area contributed by atoms with Gasteiger partial charge in [0.2, 0.25) is 0 Å². The zero-order valence-electron chi connectivity index (χ0n) is 8.92. The fourth-order valence-electron chi connectivity index (χ4n) is 1.74. The summed E-state index contributed by atoms with van der Waals surface area (Å²) >= 11 is 3.47. The van der Waals surface area contributed by atoms with Crippen LogP contribution in [0.25, 0.3) is 0 Å². The molecule has 0 amide bonds. The van der Waals surface area contributed by atoms with E-state index in [1.807, 2.05) is 12.1 Å². The minimum Gasteiger partial charge on any atom is -0.497 e. The molecule has 1 aromatic rings. The number of halogens is 1. The quantitative estimate of drug-likeness (QED) is 0.901. The summed E-state index contributed by atoms with van der Waals surface area (Å²) in [5.74, 6) is 1.76. The molecule has 0 saturated heterocycles. The molecule has 0 radical (unpaired) electrons. The Balaban J connectivity index is 1.96. The topological polar surface area (TPSA) is 21.3 Å². The molecule has 1 fully saturated rings. The molecule has 1 saturated carbocycles. The fraction of sp³-hybridized carbons (Fsp3) is 0.500. The number of methoxy groups -OCH3 is 1. The molecule has 0 aromatic heterocycles. The van der Waals surface area contributed by atoms with Crippen molar-refractivity contribution in [1.82, 2.24) is 0 Å². The maximum absolute atomic E-state index is 5.21. The van der Waals surface area contributed by atoms with Gasteiger partial charge in [-0.25, -0.2) is 0 Å². The van der Waals surface area contributed by atoms with Gasteiger partial charge < -0.3 is 10.1 Å². The Labute approximate surface area is 99.1 Å². The summed E-state index contributed by atoms with van der Waals surface area (Å²) in [6.07, 6.45) is 4.14. The second-order valence-corrected chi connectivity index (χ2v) is 4.97. The summed E-state index contributed by atoms with van der Waals surface area (Å²) in [4.78, 5) is 0. The summed E-state index contributed by atoms with van der Waals surface area (Å²) in [7, 11) is 1.69. The highest BCUT2D eigenvalue weighted by molar-refractivity contribution is 9.10. The van der Waals surface area contributed by atoms with Gasteiger partial charge in [-0.2, -0.15) is 0 Å². The van der Waals surface area contributed by atoms with Crippen LogP contribution in [-0.4, -0.2) is 13.7 Å². The van der Waals surface area contributed by atoms with Gasteiger partial charge in [-0.05, 0) is 30.9 Å². The van der Waals surface area contributed by atoms with E-state index in [1.165, 1.54) is 19.3 Å². The third-order valence-corrected chi connectivity index (χ3v) is 3.38. The average molecular weight is 270 g/mol. The predicted octanol–water partition coefficient (Wildman–Crippen LogP) is 3.67. The van der Waals surface area contributed by atoms with Gasteiger partial charge in [-0.15, -0.1) is 0 Å². The summed E-state index contributed by atoms with van der Waals surface area (Å²) in [5, 5.41) is 3.45. The number of anilines is 1. The molecule has 2 nitrogen and oxygen atoms in total. The van der Waals surface area contributed by atoms with Crippen molar-refractivity contribution < 1.29 is 4.74 Å². The third-order valence-electron chi connectivity index (χ3n) is 2.93. The number of rotatable bonds is 4. The molecule has 3 heteroatoms. The number of hydrogen-bond donors (Lipinski definition) is 1. The minimum absolute atomic E-state index is 0.870. The highest BCUT2D eigenvalue weighted by atomic mass is 79.9. The van der Waals surface area contributed by atoms with Gasteiger partial charge in [-0.1, -0.05) is 22.4 Å². The molecule has 82 valence electrons. The van der Waals surface area contributed by atoms with E-state index >= 15 is 0 Å². The average Bonchev–Trinajstić information content (AvgIpc) is 2.14. The van der Waals surface area contributed by atoms with E-state index in [-0.39, 0.29) is 0 Å². The summed E-state index contributed by atoms with van der Waals surface area (Å²) < 4.78 is 6.27. The zero-order chi connectivity index (χ0) is 10.7. The lowest BCUT2D eigenvalue weighted by Crippen LogP contribution is -2.20. The van der Waals surface area contributed by atoms with Crippen molar-refractivity contribution in [2.45, 2.75) is 19.3 Å². The Bertz CT molecular complexity index is 336. The van der Waals surface area contributed by atoms with E-state index in [0.717, 1.165) is 28.4 Å². The van der Waals surface area contributed by atoms with Crippen molar-refractivity contribution in [2.75, 3.05) is 19.0 Å². The van der Waals surface area contributed by atoms with Crippen molar-refractivity contribution in [2.24, 2.45) is 5.92 Å². The first-order valence-corrected chi connectivity index (χ1v) is 6.15. The van der Waals surface area contributed by atoms with Crippen LogP contribution in [0.2, 0.25) is 0 Å². The van der Waals surface area contributed by atoms with Crippen molar-refractivity contribution >= 4 is 21.6 Å². The van der Waals surface area contributed by atoms with Crippen molar-refractivity contribution in [3.63, 3.8) is 0 Å². The first kappa shape index (κ1) is 10.8. The van der Waals surface area contributed by atoms with Crippen LogP contribution in [0.5, 0.6) is 5.75 Å². The lowest BCUT2D eigenvalue weighted by molar-refractivity contribution is 0.333. The van der Waals surface area contributed by atoms with Crippen molar-refractivity contribution in [1.29, 1.82) is 0 Å².